The van der Waals surface area contributed by atoms with Crippen molar-refractivity contribution in [1.82, 2.24) is 24.8 Å². The first-order valence-corrected chi connectivity index (χ1v) is 9.71. The number of nitrogens with one attached hydrogen (secondary N) is 2. The van der Waals surface area contributed by atoms with Crippen LogP contribution in [0.25, 0.3) is 27.0 Å². The number of anilines is 1. The molecular formula is C21H14N6O2S. The van der Waals surface area contributed by atoms with Gasteiger partial charge < -0.3 is 10.1 Å². The Morgan fingerprint density at radius 1 is 1.33 bits per heavy atom. The summed E-state index contributed by atoms with van der Waals surface area (Å²) in [5, 5.41) is 15.1. The first-order chi connectivity index (χ1) is 14.7. The maximum absolute atomic E-state index is 12.9. The van der Waals surface area contributed by atoms with Crippen molar-refractivity contribution in [2.75, 3.05) is 12.4 Å². The molecule has 146 valence electrons. The maximum Gasteiger partial charge on any atom is 0.261 e. The number of rotatable bonds is 4. The third-order valence-electron chi connectivity index (χ3n) is 4.66. The van der Waals surface area contributed by atoms with Crippen molar-refractivity contribution in [1.29, 1.82) is 0 Å². The standard InChI is InChI=1S/C21H14N6O2S/c1-3-13-7-12-8-14(17(29-2)9-18(12)30-13)19-16(11-23-26-19)25-21(28)15-10-24-27-6-4-5-22-20(15)27/h1,4-11H,2H3,(H,23,26)(H,25,28). The van der Waals surface area contributed by atoms with Gasteiger partial charge in [-0.3, -0.25) is 9.89 Å². The molecule has 4 heterocycles. The van der Waals surface area contributed by atoms with E-state index in [0.29, 0.717) is 28.3 Å². The number of aromatic nitrogens is 5. The Morgan fingerprint density at radius 3 is 3.07 bits per heavy atom. The van der Waals surface area contributed by atoms with Crippen LogP contribution in [-0.2, 0) is 0 Å². The van der Waals surface area contributed by atoms with Gasteiger partial charge in [-0.05, 0) is 29.7 Å². The fourth-order valence-electron chi connectivity index (χ4n) is 3.27. The zero-order valence-corrected chi connectivity index (χ0v) is 16.5. The molecule has 0 bridgehead atoms. The highest BCUT2D eigenvalue weighted by Crippen LogP contribution is 2.39. The molecule has 5 aromatic rings. The summed E-state index contributed by atoms with van der Waals surface area (Å²) in [4.78, 5) is 17.9. The minimum absolute atomic E-state index is 0.337. The first-order valence-electron chi connectivity index (χ1n) is 8.89. The number of carbonyl (C=O) groups excluding carboxylic acids is 1. The van der Waals surface area contributed by atoms with Gasteiger partial charge in [0.25, 0.3) is 5.91 Å². The third-order valence-corrected chi connectivity index (χ3v) is 5.69. The number of nitrogens with zero attached hydrogens (tertiary/aromatic N) is 4. The van der Waals surface area contributed by atoms with Gasteiger partial charge in [-0.25, -0.2) is 9.50 Å². The van der Waals surface area contributed by atoms with Gasteiger partial charge >= 0.3 is 0 Å². The summed E-state index contributed by atoms with van der Waals surface area (Å²) in [7, 11) is 1.60. The summed E-state index contributed by atoms with van der Waals surface area (Å²) in [6, 6.07) is 7.58. The second kappa shape index (κ2) is 7.02. The Hall–Kier alpha value is -4.16. The van der Waals surface area contributed by atoms with Crippen LogP contribution in [0.2, 0.25) is 0 Å². The molecule has 0 radical (unpaired) electrons. The lowest BCUT2D eigenvalue weighted by Crippen LogP contribution is -2.12. The molecule has 30 heavy (non-hydrogen) atoms. The predicted octanol–water partition coefficient (Wildman–Crippen LogP) is 3.58. The summed E-state index contributed by atoms with van der Waals surface area (Å²) >= 11 is 1.52. The number of thiophene rings is 1. The van der Waals surface area contributed by atoms with E-state index in [4.69, 9.17) is 11.2 Å². The molecule has 1 aromatic carbocycles. The van der Waals surface area contributed by atoms with Gasteiger partial charge in [-0.15, -0.1) is 17.8 Å². The van der Waals surface area contributed by atoms with Crippen molar-refractivity contribution in [3.05, 3.63) is 59.5 Å². The van der Waals surface area contributed by atoms with Crippen LogP contribution in [0.4, 0.5) is 5.69 Å². The monoisotopic (exact) mass is 414 g/mol. The van der Waals surface area contributed by atoms with Crippen molar-refractivity contribution in [2.24, 2.45) is 0 Å². The van der Waals surface area contributed by atoms with Crippen LogP contribution in [0, 0.1) is 12.3 Å². The second-order valence-electron chi connectivity index (χ2n) is 6.40. The average Bonchev–Trinajstić information content (AvgIpc) is 3.49. The number of benzene rings is 1. The highest BCUT2D eigenvalue weighted by molar-refractivity contribution is 7.19. The van der Waals surface area contributed by atoms with E-state index in [1.807, 2.05) is 18.2 Å². The van der Waals surface area contributed by atoms with Gasteiger partial charge in [0.1, 0.15) is 11.3 Å². The molecule has 8 nitrogen and oxygen atoms in total. The van der Waals surface area contributed by atoms with E-state index in [1.54, 1.807) is 36.3 Å². The zero-order valence-electron chi connectivity index (χ0n) is 15.7. The lowest BCUT2D eigenvalue weighted by atomic mass is 10.1. The summed E-state index contributed by atoms with van der Waals surface area (Å²) in [6.45, 7) is 0. The number of hydrogen-bond acceptors (Lipinski definition) is 6. The Morgan fingerprint density at radius 2 is 2.23 bits per heavy atom. The molecule has 0 aliphatic rings. The average molecular weight is 414 g/mol. The highest BCUT2D eigenvalue weighted by atomic mass is 32.1. The maximum atomic E-state index is 12.9. The van der Waals surface area contributed by atoms with E-state index >= 15 is 0 Å². The topological polar surface area (TPSA) is 97.2 Å². The Balaban J connectivity index is 1.55. The molecule has 0 saturated carbocycles. The van der Waals surface area contributed by atoms with Crippen LogP contribution in [-0.4, -0.2) is 37.8 Å². The number of carbonyl (C=O) groups is 1. The minimum Gasteiger partial charge on any atom is -0.496 e. The van der Waals surface area contributed by atoms with Gasteiger partial charge in [0.2, 0.25) is 0 Å². The number of aromatic amines is 1. The molecule has 0 saturated heterocycles. The number of terminal acetylenes is 1. The Labute approximate surface area is 174 Å². The first kappa shape index (κ1) is 17.9. The molecule has 0 aliphatic heterocycles. The minimum atomic E-state index is -0.337. The van der Waals surface area contributed by atoms with Crippen LogP contribution < -0.4 is 10.1 Å². The lowest BCUT2D eigenvalue weighted by Gasteiger charge is -2.10. The van der Waals surface area contributed by atoms with E-state index in [9.17, 15) is 4.79 Å². The van der Waals surface area contributed by atoms with Crippen LogP contribution >= 0.6 is 11.3 Å². The van der Waals surface area contributed by atoms with E-state index in [2.05, 4.69) is 31.5 Å². The molecule has 0 fully saturated rings. The smallest absolute Gasteiger partial charge is 0.261 e. The number of fused-ring (bicyclic) bond motifs is 2. The highest BCUT2D eigenvalue weighted by Gasteiger charge is 2.19. The Bertz CT molecular complexity index is 1460. The molecule has 0 spiro atoms. The van der Waals surface area contributed by atoms with Crippen molar-refractivity contribution in [2.45, 2.75) is 0 Å². The molecule has 4 aromatic heterocycles. The van der Waals surface area contributed by atoms with Gasteiger partial charge in [0, 0.05) is 22.7 Å². The van der Waals surface area contributed by atoms with E-state index < -0.39 is 0 Å². The van der Waals surface area contributed by atoms with Crippen LogP contribution in [0.1, 0.15) is 15.2 Å². The molecule has 0 unspecified atom stereocenters. The summed E-state index contributed by atoms with van der Waals surface area (Å²) in [5.41, 5.74) is 2.73. The van der Waals surface area contributed by atoms with Crippen LogP contribution in [0.3, 0.4) is 0 Å². The van der Waals surface area contributed by atoms with E-state index in [0.717, 1.165) is 20.5 Å². The zero-order chi connectivity index (χ0) is 20.7. The third kappa shape index (κ3) is 2.87. The Kier molecular flexibility index (Phi) is 4.19. The SMILES string of the molecule is C#Cc1cc2cc(-c3[nH]ncc3NC(=O)c3cnn4cccnc34)c(OC)cc2s1. The fourth-order valence-corrected chi connectivity index (χ4v) is 4.15. The van der Waals surface area contributed by atoms with Crippen LogP contribution in [0.5, 0.6) is 5.75 Å². The molecule has 2 N–H and O–H groups in total. The van der Waals surface area contributed by atoms with E-state index in [-0.39, 0.29) is 5.91 Å². The van der Waals surface area contributed by atoms with Crippen molar-refractivity contribution in [3.63, 3.8) is 0 Å². The predicted molar refractivity (Wildman–Crippen MR) is 115 cm³/mol. The summed E-state index contributed by atoms with van der Waals surface area (Å²) in [5.74, 6) is 2.97. The molecule has 0 aliphatic carbocycles. The number of H-pyrrole nitrogens is 1. The number of amides is 1. The van der Waals surface area contributed by atoms with Crippen LogP contribution in [0.15, 0.2) is 49.1 Å². The van der Waals surface area contributed by atoms with Gasteiger partial charge in [-0.2, -0.15) is 10.2 Å². The number of ether oxygens (including phenoxy) is 1. The molecule has 9 heteroatoms. The molecule has 1 amide bonds. The number of hydrogen-bond donors (Lipinski definition) is 2. The second-order valence-corrected chi connectivity index (χ2v) is 7.49. The summed E-state index contributed by atoms with van der Waals surface area (Å²) in [6.07, 6.45) is 11.9. The van der Waals surface area contributed by atoms with Crippen molar-refractivity contribution in [3.8, 4) is 29.4 Å². The molecule has 5 rings (SSSR count). The largest absolute Gasteiger partial charge is 0.496 e. The number of methoxy groups -OCH3 is 1. The fraction of sp³-hybridized carbons (Fsp3) is 0.0476. The van der Waals surface area contributed by atoms with Crippen molar-refractivity contribution < 1.29 is 9.53 Å². The quantitative estimate of drug-likeness (QED) is 0.438. The lowest BCUT2D eigenvalue weighted by molar-refractivity contribution is 0.102. The normalized spacial score (nSPS) is 10.9. The van der Waals surface area contributed by atoms with Gasteiger partial charge in [0.15, 0.2) is 5.65 Å². The van der Waals surface area contributed by atoms with E-state index in [1.165, 1.54) is 17.5 Å². The molecule has 0 atom stereocenters. The van der Waals surface area contributed by atoms with Gasteiger partial charge in [-0.1, -0.05) is 5.92 Å². The van der Waals surface area contributed by atoms with Gasteiger partial charge in [0.05, 0.1) is 35.8 Å². The molecular weight excluding hydrogens is 400 g/mol. The van der Waals surface area contributed by atoms with Crippen molar-refractivity contribution >= 4 is 38.7 Å². The summed E-state index contributed by atoms with van der Waals surface area (Å²) < 4.78 is 8.14.